The molecule has 1 unspecified atom stereocenters. The summed E-state index contributed by atoms with van der Waals surface area (Å²) in [6.07, 6.45) is 6.32. The molecule has 0 saturated carbocycles. The van der Waals surface area contributed by atoms with Gasteiger partial charge in [-0.25, -0.2) is 9.37 Å². The van der Waals surface area contributed by atoms with Crippen LogP contribution in [-0.2, 0) is 16.3 Å². The van der Waals surface area contributed by atoms with Crippen molar-refractivity contribution in [2.75, 3.05) is 37.8 Å². The molecule has 0 bridgehead atoms. The number of piperidine rings is 1. The molecule has 2 aromatic heterocycles. The number of anilines is 1. The van der Waals surface area contributed by atoms with E-state index < -0.39 is 18.1 Å². The zero-order valence-corrected chi connectivity index (χ0v) is 21.2. The van der Waals surface area contributed by atoms with Crippen LogP contribution in [0.4, 0.5) is 18.9 Å². The predicted molar refractivity (Wildman–Crippen MR) is 134 cm³/mol. The van der Waals surface area contributed by atoms with Crippen LogP contribution >= 0.6 is 22.9 Å². The Labute approximate surface area is 215 Å². The third kappa shape index (κ3) is 4.04. The van der Waals surface area contributed by atoms with Gasteiger partial charge in [0.2, 0.25) is 0 Å². The Balaban J connectivity index is 1.15. The number of benzene rings is 1. The van der Waals surface area contributed by atoms with Crippen LogP contribution in [0.25, 0.3) is 5.69 Å². The van der Waals surface area contributed by atoms with Gasteiger partial charge in [0, 0.05) is 54.1 Å². The van der Waals surface area contributed by atoms with Crippen molar-refractivity contribution < 1.29 is 17.9 Å². The highest BCUT2D eigenvalue weighted by Gasteiger charge is 2.51. The Bertz CT molecular complexity index is 1300. The Hall–Kier alpha value is -2.40. The molecular weight excluding hydrogens is 511 g/mol. The van der Waals surface area contributed by atoms with E-state index in [0.29, 0.717) is 53.1 Å². The van der Waals surface area contributed by atoms with Gasteiger partial charge in [-0.1, -0.05) is 17.7 Å². The maximum atomic E-state index is 15.0. The molecule has 3 aliphatic heterocycles. The second kappa shape index (κ2) is 8.86. The molecule has 0 amide bonds. The molecule has 0 aliphatic carbocycles. The van der Waals surface area contributed by atoms with Gasteiger partial charge in [-0.2, -0.15) is 13.9 Å². The maximum absolute atomic E-state index is 15.0. The summed E-state index contributed by atoms with van der Waals surface area (Å²) in [5.41, 5.74) is 1.36. The van der Waals surface area contributed by atoms with E-state index in [1.807, 2.05) is 13.0 Å². The first-order valence-electron chi connectivity index (χ1n) is 11.9. The fourth-order valence-corrected chi connectivity index (χ4v) is 6.96. The molecule has 6 nitrogen and oxygen atoms in total. The number of imidazole rings is 1. The van der Waals surface area contributed by atoms with E-state index >= 15 is 0 Å². The van der Waals surface area contributed by atoms with Gasteiger partial charge in [0.15, 0.2) is 5.82 Å². The monoisotopic (exact) mass is 535 g/mol. The van der Waals surface area contributed by atoms with Crippen molar-refractivity contribution in [2.24, 2.45) is 11.0 Å². The SMILES string of the molecule is CC1=NN(c2c(F)cccc2-n2ccnc2)CC1CN1CCC2(CC1)OCC(F)(F)c1cc(Cl)sc12. The van der Waals surface area contributed by atoms with Crippen LogP contribution in [0, 0.1) is 11.7 Å². The largest absolute Gasteiger partial charge is 0.363 e. The third-order valence-electron chi connectivity index (χ3n) is 7.45. The summed E-state index contributed by atoms with van der Waals surface area (Å²) in [5.74, 6) is -3.22. The summed E-state index contributed by atoms with van der Waals surface area (Å²) < 4.78 is 51.8. The molecule has 1 atom stereocenters. The molecular formula is C25H25ClF3N5OS. The number of ether oxygens (including phenoxy) is 1. The van der Waals surface area contributed by atoms with E-state index in [1.165, 1.54) is 23.5 Å². The molecule has 190 valence electrons. The lowest BCUT2D eigenvalue weighted by Crippen LogP contribution is -2.50. The summed E-state index contributed by atoms with van der Waals surface area (Å²) in [6.45, 7) is 4.10. The number of alkyl halides is 2. The lowest BCUT2D eigenvalue weighted by molar-refractivity contribution is -0.181. The first-order chi connectivity index (χ1) is 17.3. The number of halogens is 4. The molecule has 1 aromatic carbocycles. The molecule has 1 spiro atoms. The summed E-state index contributed by atoms with van der Waals surface area (Å²) in [7, 11) is 0. The van der Waals surface area contributed by atoms with Gasteiger partial charge in [-0.15, -0.1) is 11.3 Å². The molecule has 11 heteroatoms. The number of likely N-dealkylation sites (tertiary alicyclic amines) is 1. The maximum Gasteiger partial charge on any atom is 0.297 e. The number of hydrazone groups is 1. The Morgan fingerprint density at radius 3 is 2.81 bits per heavy atom. The highest BCUT2D eigenvalue weighted by Crippen LogP contribution is 2.52. The van der Waals surface area contributed by atoms with Crippen LogP contribution < -0.4 is 5.01 Å². The van der Waals surface area contributed by atoms with Crippen molar-refractivity contribution in [3.05, 3.63) is 63.6 Å². The van der Waals surface area contributed by atoms with Crippen molar-refractivity contribution in [1.82, 2.24) is 14.5 Å². The first kappa shape index (κ1) is 24.0. The lowest BCUT2D eigenvalue weighted by atomic mass is 9.84. The average molecular weight is 536 g/mol. The summed E-state index contributed by atoms with van der Waals surface area (Å²) in [4.78, 5) is 6.97. The minimum absolute atomic E-state index is 0.0187. The van der Waals surface area contributed by atoms with Crippen molar-refractivity contribution in [1.29, 1.82) is 0 Å². The third-order valence-corrected chi connectivity index (χ3v) is 8.90. The van der Waals surface area contributed by atoms with Crippen LogP contribution in [0.2, 0.25) is 4.34 Å². The molecule has 3 aromatic rings. The number of fused-ring (bicyclic) bond motifs is 2. The number of para-hydroxylation sites is 1. The molecule has 1 fully saturated rings. The van der Waals surface area contributed by atoms with E-state index in [0.717, 1.165) is 12.3 Å². The number of aromatic nitrogens is 2. The number of hydrogen-bond donors (Lipinski definition) is 0. The van der Waals surface area contributed by atoms with Gasteiger partial charge >= 0.3 is 0 Å². The van der Waals surface area contributed by atoms with E-state index in [9.17, 15) is 13.2 Å². The number of hydrogen-bond acceptors (Lipinski definition) is 6. The van der Waals surface area contributed by atoms with Gasteiger partial charge in [0.05, 0.1) is 22.9 Å². The van der Waals surface area contributed by atoms with Crippen molar-refractivity contribution in [2.45, 2.75) is 31.3 Å². The molecule has 5 heterocycles. The van der Waals surface area contributed by atoms with Gasteiger partial charge in [-0.05, 0) is 38.0 Å². The van der Waals surface area contributed by atoms with E-state index in [-0.39, 0.29) is 17.3 Å². The molecule has 6 rings (SSSR count). The summed E-state index contributed by atoms with van der Waals surface area (Å²) >= 11 is 7.33. The van der Waals surface area contributed by atoms with Gasteiger partial charge in [-0.3, -0.25) is 5.01 Å². The van der Waals surface area contributed by atoms with Crippen LogP contribution in [0.1, 0.15) is 30.2 Å². The van der Waals surface area contributed by atoms with Crippen LogP contribution in [0.15, 0.2) is 48.1 Å². The molecule has 0 N–H and O–H groups in total. The van der Waals surface area contributed by atoms with E-state index in [1.54, 1.807) is 34.4 Å². The number of thiophene rings is 1. The predicted octanol–water partition coefficient (Wildman–Crippen LogP) is 5.65. The summed E-state index contributed by atoms with van der Waals surface area (Å²) in [5, 5.41) is 6.44. The van der Waals surface area contributed by atoms with Crippen molar-refractivity contribution in [3.8, 4) is 5.69 Å². The second-order valence-corrected chi connectivity index (χ2v) is 11.4. The van der Waals surface area contributed by atoms with Crippen molar-refractivity contribution >= 4 is 34.3 Å². The lowest BCUT2D eigenvalue weighted by Gasteiger charge is -2.45. The standard InChI is InChI=1S/C25H25ClF3N5OS/c1-16-17(13-34(31-16)22-19(27)3-2-4-20(22)33-10-7-30-15-33)12-32-8-5-24(6-9-32)23-18(11-21(26)36-23)25(28,29)14-35-24/h2-4,7,10-11,15,17H,5-6,8-9,12-14H2,1H3. The fraction of sp³-hybridized carbons (Fsp3) is 0.440. The molecule has 0 radical (unpaired) electrons. The fourth-order valence-electron chi connectivity index (χ4n) is 5.48. The molecule has 1 saturated heterocycles. The highest BCUT2D eigenvalue weighted by molar-refractivity contribution is 7.16. The second-order valence-electron chi connectivity index (χ2n) is 9.68. The summed E-state index contributed by atoms with van der Waals surface area (Å²) in [6, 6.07) is 6.36. The van der Waals surface area contributed by atoms with E-state index in [4.69, 9.17) is 21.4 Å². The van der Waals surface area contributed by atoms with E-state index in [2.05, 4.69) is 9.88 Å². The van der Waals surface area contributed by atoms with Crippen LogP contribution in [-0.4, -0.2) is 52.9 Å². The topological polar surface area (TPSA) is 45.9 Å². The minimum atomic E-state index is -3.01. The smallest absolute Gasteiger partial charge is 0.297 e. The van der Waals surface area contributed by atoms with Crippen LogP contribution in [0.5, 0.6) is 0 Å². The quantitative estimate of drug-likeness (QED) is 0.433. The normalized spacial score (nSPS) is 23.2. The highest BCUT2D eigenvalue weighted by atomic mass is 35.5. The molecule has 36 heavy (non-hydrogen) atoms. The van der Waals surface area contributed by atoms with Crippen molar-refractivity contribution in [3.63, 3.8) is 0 Å². The minimum Gasteiger partial charge on any atom is -0.363 e. The van der Waals surface area contributed by atoms with Gasteiger partial charge in [0.25, 0.3) is 5.92 Å². The van der Waals surface area contributed by atoms with Crippen LogP contribution in [0.3, 0.4) is 0 Å². The Morgan fingerprint density at radius 2 is 2.06 bits per heavy atom. The molecule has 3 aliphatic rings. The Kier molecular flexibility index (Phi) is 5.90. The van der Waals surface area contributed by atoms with Gasteiger partial charge < -0.3 is 14.2 Å². The number of rotatable bonds is 4. The van der Waals surface area contributed by atoms with Gasteiger partial charge in [0.1, 0.15) is 17.9 Å². The Morgan fingerprint density at radius 1 is 1.25 bits per heavy atom. The first-order valence-corrected chi connectivity index (χ1v) is 13.1. The number of nitrogens with zero attached hydrogens (tertiary/aromatic N) is 5. The average Bonchev–Trinajstić information content (AvgIpc) is 3.59. The zero-order chi connectivity index (χ0) is 25.1. The zero-order valence-electron chi connectivity index (χ0n) is 19.6.